The maximum atomic E-state index is 13.5. The van der Waals surface area contributed by atoms with Crippen molar-refractivity contribution < 1.29 is 31.1 Å². The third-order valence-electron chi connectivity index (χ3n) is 9.11. The lowest BCUT2D eigenvalue weighted by molar-refractivity contribution is -0.138. The molecule has 1 aliphatic rings. The number of nitrogens with zero attached hydrogens (tertiary/aromatic N) is 3. The second-order valence-electron chi connectivity index (χ2n) is 14.7. The van der Waals surface area contributed by atoms with Crippen LogP contribution < -0.4 is 5.43 Å². The number of rotatable bonds is 20. The third-order valence-corrected chi connectivity index (χ3v) is 9.11. The van der Waals surface area contributed by atoms with Crippen molar-refractivity contribution in [1.82, 2.24) is 10.3 Å². The molecule has 296 valence electrons. The van der Waals surface area contributed by atoms with E-state index in [4.69, 9.17) is 0 Å². The molecule has 0 saturated heterocycles. The SMILES string of the molecule is CCCCCCCCC=CCCCCCCCC(=O)N1CC(C)(C)CN=C1NN=C(C=Cc1ccc(C(F)(F)F)cc1)C=Cc1ccc(C(F)(F)F)cc1. The largest absolute Gasteiger partial charge is 0.416 e. The highest BCUT2D eigenvalue weighted by Crippen LogP contribution is 2.30. The van der Waals surface area contributed by atoms with E-state index >= 15 is 0 Å². The zero-order chi connectivity index (χ0) is 39.5. The summed E-state index contributed by atoms with van der Waals surface area (Å²) in [6, 6.07) is 9.21. The monoisotopic (exact) mass is 758 g/mol. The Balaban J connectivity index is 1.60. The van der Waals surface area contributed by atoms with Gasteiger partial charge in [0.1, 0.15) is 0 Å². The minimum Gasteiger partial charge on any atom is -0.281 e. The van der Waals surface area contributed by atoms with E-state index in [1.165, 1.54) is 62.8 Å². The summed E-state index contributed by atoms with van der Waals surface area (Å²) in [6.07, 6.45) is 17.5. The van der Waals surface area contributed by atoms with Crippen molar-refractivity contribution in [3.05, 3.63) is 95.1 Å². The Labute approximate surface area is 317 Å². The highest BCUT2D eigenvalue weighted by molar-refractivity contribution is 6.09. The Morgan fingerprint density at radius 2 is 1.20 bits per heavy atom. The van der Waals surface area contributed by atoms with E-state index in [0.717, 1.165) is 69.2 Å². The van der Waals surface area contributed by atoms with Gasteiger partial charge in [0, 0.05) is 24.9 Å². The highest BCUT2D eigenvalue weighted by Gasteiger charge is 2.33. The molecular formula is C43H56F6N4O. The number of guanidine groups is 1. The zero-order valence-electron chi connectivity index (χ0n) is 31.9. The number of alkyl halides is 6. The molecule has 3 rings (SSSR count). The van der Waals surface area contributed by atoms with Crippen LogP contribution in [0.1, 0.15) is 133 Å². The Hall–Kier alpha value is -4.15. The number of hydrogen-bond acceptors (Lipinski definition) is 4. The number of hydrazone groups is 1. The average Bonchev–Trinajstić information content (AvgIpc) is 3.12. The van der Waals surface area contributed by atoms with Gasteiger partial charge in [-0.3, -0.25) is 14.7 Å². The minimum absolute atomic E-state index is 0.0657. The number of carbonyl (C=O) groups excluding carboxylic acids is 1. The van der Waals surface area contributed by atoms with Crippen molar-refractivity contribution in [2.45, 2.75) is 123 Å². The first-order chi connectivity index (χ1) is 25.7. The molecule has 0 aromatic heterocycles. The Bertz CT molecular complexity index is 1500. The van der Waals surface area contributed by atoms with Gasteiger partial charge in [-0.1, -0.05) is 121 Å². The Morgan fingerprint density at radius 3 is 1.69 bits per heavy atom. The fourth-order valence-electron chi connectivity index (χ4n) is 5.89. The number of halogens is 6. The molecule has 0 bridgehead atoms. The van der Waals surface area contributed by atoms with E-state index in [1.807, 2.05) is 13.8 Å². The van der Waals surface area contributed by atoms with Crippen molar-refractivity contribution in [1.29, 1.82) is 0 Å². The number of allylic oxidation sites excluding steroid dienone is 4. The molecule has 1 aliphatic heterocycles. The molecular weight excluding hydrogens is 702 g/mol. The lowest BCUT2D eigenvalue weighted by atomic mass is 9.91. The van der Waals surface area contributed by atoms with E-state index in [2.05, 4.69) is 34.6 Å². The standard InChI is InChI=1S/C43H56F6N4O/c1-4-5-6-7-8-9-10-11-12-13-14-15-16-17-18-19-39(54)53-33-41(2,3)32-50-40(53)52-51-38(30-24-34-20-26-36(27-21-34)42(44,45)46)31-25-35-22-28-37(29-23-35)43(47,48)49/h11-12,20-31H,4-10,13-19,32-33H2,1-3H3,(H,50,52). The molecule has 0 saturated carbocycles. The molecule has 1 amide bonds. The quantitative estimate of drug-likeness (QED) is 0.0481. The molecule has 0 aliphatic carbocycles. The van der Waals surface area contributed by atoms with E-state index in [-0.39, 0.29) is 17.3 Å². The average molecular weight is 759 g/mol. The molecule has 54 heavy (non-hydrogen) atoms. The fraction of sp³-hybridized carbons (Fsp3) is 0.512. The molecule has 11 heteroatoms. The van der Waals surface area contributed by atoms with E-state index in [9.17, 15) is 31.1 Å². The molecule has 0 fully saturated rings. The van der Waals surface area contributed by atoms with Crippen LogP contribution in [-0.2, 0) is 17.1 Å². The summed E-state index contributed by atoms with van der Waals surface area (Å²) >= 11 is 0. The lowest BCUT2D eigenvalue weighted by Gasteiger charge is -2.36. The Morgan fingerprint density at radius 1 is 0.741 bits per heavy atom. The van der Waals surface area contributed by atoms with Gasteiger partial charge in [0.05, 0.1) is 16.8 Å². The van der Waals surface area contributed by atoms with Gasteiger partial charge in [0.15, 0.2) is 0 Å². The smallest absolute Gasteiger partial charge is 0.281 e. The first-order valence-electron chi connectivity index (χ1n) is 19.2. The Kier molecular flexibility index (Phi) is 18.3. The van der Waals surface area contributed by atoms with Crippen molar-refractivity contribution in [2.24, 2.45) is 15.5 Å². The molecule has 0 atom stereocenters. The minimum atomic E-state index is -4.47. The topological polar surface area (TPSA) is 57.1 Å². The molecule has 1 N–H and O–H groups in total. The number of carbonyl (C=O) groups is 1. The summed E-state index contributed by atoms with van der Waals surface area (Å²) in [5.41, 5.74) is 2.37. The lowest BCUT2D eigenvalue weighted by Crippen LogP contribution is -2.52. The number of aliphatic imine (C=N–C) groups is 1. The fourth-order valence-corrected chi connectivity index (χ4v) is 5.89. The van der Waals surface area contributed by atoms with Gasteiger partial charge in [-0.15, -0.1) is 0 Å². The summed E-state index contributed by atoms with van der Waals surface area (Å²) in [4.78, 5) is 19.7. The van der Waals surface area contributed by atoms with Crippen LogP contribution in [0.15, 0.2) is 82.9 Å². The van der Waals surface area contributed by atoms with Crippen LogP contribution in [0.3, 0.4) is 0 Å². The molecule has 0 spiro atoms. The van der Waals surface area contributed by atoms with Gasteiger partial charge in [-0.25, -0.2) is 5.43 Å². The van der Waals surface area contributed by atoms with Crippen LogP contribution in [0, 0.1) is 5.41 Å². The maximum absolute atomic E-state index is 13.5. The van der Waals surface area contributed by atoms with Gasteiger partial charge in [-0.05, 0) is 79.6 Å². The van der Waals surface area contributed by atoms with Crippen molar-refractivity contribution in [3.63, 3.8) is 0 Å². The third kappa shape index (κ3) is 16.9. The second kappa shape index (κ2) is 22.3. The highest BCUT2D eigenvalue weighted by atomic mass is 19.4. The molecule has 5 nitrogen and oxygen atoms in total. The van der Waals surface area contributed by atoms with E-state index in [0.29, 0.717) is 36.3 Å². The van der Waals surface area contributed by atoms with Crippen molar-refractivity contribution in [3.8, 4) is 0 Å². The number of hydrogen-bond donors (Lipinski definition) is 1. The predicted molar refractivity (Wildman–Crippen MR) is 209 cm³/mol. The predicted octanol–water partition coefficient (Wildman–Crippen LogP) is 12.7. The van der Waals surface area contributed by atoms with E-state index < -0.39 is 23.5 Å². The van der Waals surface area contributed by atoms with E-state index in [1.54, 1.807) is 29.2 Å². The maximum Gasteiger partial charge on any atom is 0.416 e. The molecule has 1 heterocycles. The van der Waals surface area contributed by atoms with Gasteiger partial charge in [-0.2, -0.15) is 31.4 Å². The van der Waals surface area contributed by atoms with Crippen molar-refractivity contribution >= 4 is 29.7 Å². The van der Waals surface area contributed by atoms with Crippen molar-refractivity contribution in [2.75, 3.05) is 13.1 Å². The van der Waals surface area contributed by atoms with Gasteiger partial charge in [0.2, 0.25) is 11.9 Å². The van der Waals surface area contributed by atoms with Gasteiger partial charge in [0.25, 0.3) is 0 Å². The molecule has 0 unspecified atom stereocenters. The van der Waals surface area contributed by atoms with Gasteiger partial charge < -0.3 is 0 Å². The summed E-state index contributed by atoms with van der Waals surface area (Å²) in [5, 5.41) is 4.45. The van der Waals surface area contributed by atoms with Crippen LogP contribution >= 0.6 is 0 Å². The zero-order valence-corrected chi connectivity index (χ0v) is 31.9. The first kappa shape index (κ1) is 44.2. The number of amides is 1. The summed E-state index contributed by atoms with van der Waals surface area (Å²) < 4.78 is 78.3. The van der Waals surface area contributed by atoms with Crippen LogP contribution in [0.2, 0.25) is 0 Å². The summed E-state index contributed by atoms with van der Waals surface area (Å²) in [7, 11) is 0. The second-order valence-corrected chi connectivity index (χ2v) is 14.7. The van der Waals surface area contributed by atoms with Crippen LogP contribution in [-0.4, -0.2) is 35.6 Å². The van der Waals surface area contributed by atoms with Crippen LogP contribution in [0.25, 0.3) is 12.2 Å². The van der Waals surface area contributed by atoms with Crippen LogP contribution in [0.5, 0.6) is 0 Å². The van der Waals surface area contributed by atoms with Gasteiger partial charge >= 0.3 is 12.4 Å². The number of benzene rings is 2. The molecule has 0 radical (unpaired) electrons. The molecule has 2 aromatic carbocycles. The number of unbranched alkanes of at least 4 members (excludes halogenated alkanes) is 11. The van der Waals surface area contributed by atoms with Crippen LogP contribution in [0.4, 0.5) is 26.3 Å². The number of nitrogens with one attached hydrogen (secondary N) is 1. The molecule has 2 aromatic rings. The normalized spacial score (nSPS) is 15.0. The first-order valence-corrected chi connectivity index (χ1v) is 19.2. The summed E-state index contributed by atoms with van der Waals surface area (Å²) in [5.74, 6) is 0.222. The summed E-state index contributed by atoms with van der Waals surface area (Å²) in [6.45, 7) is 7.20.